The number of nitrogens with zero attached hydrogens (tertiary/aromatic N) is 2. The SMILES string of the molecule is CC1=CC(=O)C2=C(C1=O)[C@@H](c1c(O)ccc3ccccc13)C1=CC[C@@H]3C(=O)N(c4ccc(-c5nc6ccccc6o5)cc4)C(=O)[C@@H]3[C@@H]1C2. The molecule has 3 aliphatic carbocycles. The molecule has 1 fully saturated rings. The van der Waals surface area contributed by atoms with Gasteiger partial charge in [0.25, 0.3) is 0 Å². The van der Waals surface area contributed by atoms with E-state index in [-0.39, 0.29) is 35.6 Å². The van der Waals surface area contributed by atoms with Crippen LogP contribution in [0.15, 0.2) is 124 Å². The Hall–Kier alpha value is -5.89. The van der Waals surface area contributed by atoms with Gasteiger partial charge in [-0.05, 0) is 85.0 Å². The summed E-state index contributed by atoms with van der Waals surface area (Å²) in [6.07, 6.45) is 3.81. The van der Waals surface area contributed by atoms with Gasteiger partial charge in [0.2, 0.25) is 17.7 Å². The molecule has 8 heteroatoms. The smallest absolute Gasteiger partial charge is 0.238 e. The maximum atomic E-state index is 14.4. The summed E-state index contributed by atoms with van der Waals surface area (Å²) in [5, 5.41) is 13.0. The molecule has 8 nitrogen and oxygen atoms in total. The van der Waals surface area contributed by atoms with E-state index in [4.69, 9.17) is 4.42 Å². The molecule has 0 spiro atoms. The highest BCUT2D eigenvalue weighted by atomic mass is 16.3. The summed E-state index contributed by atoms with van der Waals surface area (Å²) < 4.78 is 5.90. The minimum Gasteiger partial charge on any atom is -0.508 e. The Kier molecular flexibility index (Phi) is 6.09. The van der Waals surface area contributed by atoms with Crippen LogP contribution in [0.3, 0.4) is 0 Å². The first-order chi connectivity index (χ1) is 23.3. The lowest BCUT2D eigenvalue weighted by Crippen LogP contribution is -2.40. The number of para-hydroxylation sites is 2. The zero-order valence-corrected chi connectivity index (χ0v) is 25.8. The summed E-state index contributed by atoms with van der Waals surface area (Å²) in [6.45, 7) is 1.63. The molecule has 4 aliphatic rings. The van der Waals surface area contributed by atoms with Crippen LogP contribution in [0, 0.1) is 17.8 Å². The molecular weight excluding hydrogens is 604 g/mol. The predicted molar refractivity (Wildman–Crippen MR) is 179 cm³/mol. The number of anilines is 1. The molecule has 1 aliphatic heterocycles. The lowest BCUT2D eigenvalue weighted by molar-refractivity contribution is -0.123. The Morgan fingerprint density at radius 1 is 0.854 bits per heavy atom. The van der Waals surface area contributed by atoms with Gasteiger partial charge in [0, 0.05) is 33.8 Å². The standard InChI is InChI=1S/C40H28N2O6/c1-20-18-31(44)28-19-27-25(35(36(28)37(20)45)34-24-7-3-2-6-21(24)12-17-30(34)43)15-16-26-33(27)40(47)42(39(26)46)23-13-10-22(11-14-23)38-41-29-8-4-5-9-32(29)48-38/h2-15,17-18,26-27,33,35,43H,16,19H2,1H3/t26-,27+,33-,35+/m0/s1. The Morgan fingerprint density at radius 2 is 1.62 bits per heavy atom. The van der Waals surface area contributed by atoms with Crippen molar-refractivity contribution in [2.45, 2.75) is 25.7 Å². The van der Waals surface area contributed by atoms with E-state index >= 15 is 0 Å². The van der Waals surface area contributed by atoms with E-state index in [1.807, 2.05) is 60.7 Å². The molecule has 0 bridgehead atoms. The molecule has 4 atom stereocenters. The largest absolute Gasteiger partial charge is 0.508 e. The number of fused-ring (bicyclic) bond motifs is 5. The second-order valence-corrected chi connectivity index (χ2v) is 13.0. The summed E-state index contributed by atoms with van der Waals surface area (Å²) >= 11 is 0. The number of imide groups is 1. The third kappa shape index (κ3) is 3.98. The number of amides is 2. The average Bonchev–Trinajstić information content (AvgIpc) is 3.65. The fourth-order valence-electron chi connectivity index (χ4n) is 8.28. The van der Waals surface area contributed by atoms with E-state index in [1.54, 1.807) is 37.3 Å². The van der Waals surface area contributed by atoms with Crippen molar-refractivity contribution >= 4 is 50.9 Å². The highest BCUT2D eigenvalue weighted by molar-refractivity contribution is 6.25. The van der Waals surface area contributed by atoms with Gasteiger partial charge >= 0.3 is 0 Å². The highest BCUT2D eigenvalue weighted by Gasteiger charge is 2.57. The van der Waals surface area contributed by atoms with E-state index in [1.165, 1.54) is 11.0 Å². The summed E-state index contributed by atoms with van der Waals surface area (Å²) in [7, 11) is 0. The molecule has 5 aromatic rings. The van der Waals surface area contributed by atoms with Crippen LogP contribution in [0.25, 0.3) is 33.3 Å². The van der Waals surface area contributed by atoms with Crippen molar-refractivity contribution in [3.63, 3.8) is 0 Å². The summed E-state index contributed by atoms with van der Waals surface area (Å²) in [4.78, 5) is 61.6. The molecular formula is C40H28N2O6. The lowest BCUT2D eigenvalue weighted by Gasteiger charge is -2.42. The van der Waals surface area contributed by atoms with Crippen molar-refractivity contribution in [1.82, 2.24) is 4.98 Å². The van der Waals surface area contributed by atoms with Crippen molar-refractivity contribution in [2.75, 3.05) is 4.90 Å². The van der Waals surface area contributed by atoms with Crippen LogP contribution < -0.4 is 4.90 Å². The number of carbonyl (C=O) groups excluding carboxylic acids is 4. The number of rotatable bonds is 3. The maximum absolute atomic E-state index is 14.4. The van der Waals surface area contributed by atoms with Crippen LogP contribution in [0.2, 0.25) is 0 Å². The minimum absolute atomic E-state index is 0.0103. The molecule has 4 aromatic carbocycles. The highest BCUT2D eigenvalue weighted by Crippen LogP contribution is 2.57. The molecule has 0 radical (unpaired) electrons. The van der Waals surface area contributed by atoms with Gasteiger partial charge in [-0.1, -0.05) is 54.1 Å². The van der Waals surface area contributed by atoms with Crippen LogP contribution >= 0.6 is 0 Å². The first-order valence-electron chi connectivity index (χ1n) is 16.0. The normalized spacial score (nSPS) is 23.7. The summed E-state index contributed by atoms with van der Waals surface area (Å²) in [5.74, 6) is -3.26. The Balaban J connectivity index is 1.12. The number of oxazole rings is 1. The van der Waals surface area contributed by atoms with Gasteiger partial charge in [-0.15, -0.1) is 0 Å². The zero-order chi connectivity index (χ0) is 32.8. The van der Waals surface area contributed by atoms with Crippen molar-refractivity contribution < 1.29 is 28.7 Å². The number of phenols is 1. The second-order valence-electron chi connectivity index (χ2n) is 13.0. The van der Waals surface area contributed by atoms with Crippen molar-refractivity contribution in [2.24, 2.45) is 17.8 Å². The number of carbonyl (C=O) groups is 4. The lowest BCUT2D eigenvalue weighted by atomic mass is 9.59. The minimum atomic E-state index is -0.738. The maximum Gasteiger partial charge on any atom is 0.238 e. The molecule has 2 amide bonds. The molecule has 1 N–H and O–H groups in total. The van der Waals surface area contributed by atoms with Crippen LogP contribution in [0.4, 0.5) is 5.69 Å². The molecule has 1 aromatic heterocycles. The number of hydrogen-bond donors (Lipinski definition) is 1. The van der Waals surface area contributed by atoms with Crippen LogP contribution in [-0.2, 0) is 19.2 Å². The van der Waals surface area contributed by atoms with E-state index in [2.05, 4.69) is 4.98 Å². The summed E-state index contributed by atoms with van der Waals surface area (Å²) in [5.41, 5.74) is 4.95. The van der Waals surface area contributed by atoms with Crippen molar-refractivity contribution in [1.29, 1.82) is 0 Å². The number of benzene rings is 4. The van der Waals surface area contributed by atoms with Crippen LogP contribution in [-0.4, -0.2) is 33.5 Å². The monoisotopic (exact) mass is 632 g/mol. The Morgan fingerprint density at radius 3 is 2.44 bits per heavy atom. The molecule has 9 rings (SSSR count). The van der Waals surface area contributed by atoms with Gasteiger partial charge in [-0.2, -0.15) is 0 Å². The van der Waals surface area contributed by atoms with Gasteiger partial charge in [0.05, 0.1) is 17.5 Å². The molecule has 48 heavy (non-hydrogen) atoms. The van der Waals surface area contributed by atoms with Gasteiger partial charge in [0.15, 0.2) is 17.1 Å². The van der Waals surface area contributed by atoms with Crippen LogP contribution in [0.5, 0.6) is 5.75 Å². The molecule has 0 saturated carbocycles. The third-order valence-corrected chi connectivity index (χ3v) is 10.5. The van der Waals surface area contributed by atoms with Crippen molar-refractivity contribution in [3.8, 4) is 17.2 Å². The number of ketones is 2. The van der Waals surface area contributed by atoms with E-state index in [0.29, 0.717) is 51.4 Å². The first-order valence-corrected chi connectivity index (χ1v) is 16.0. The second kappa shape index (κ2) is 10.3. The molecule has 234 valence electrons. The Bertz CT molecular complexity index is 2340. The third-order valence-electron chi connectivity index (χ3n) is 10.5. The summed E-state index contributed by atoms with van der Waals surface area (Å²) in [6, 6.07) is 25.5. The van der Waals surface area contributed by atoms with Crippen LogP contribution in [0.1, 0.15) is 31.2 Å². The van der Waals surface area contributed by atoms with E-state index in [9.17, 15) is 24.3 Å². The first kappa shape index (κ1) is 28.3. The number of Topliss-reactive ketones (excluding diaryl/α,β-unsaturated/α-hetero) is 1. The van der Waals surface area contributed by atoms with E-state index in [0.717, 1.165) is 21.9 Å². The number of aromatic hydroxyl groups is 1. The average molecular weight is 633 g/mol. The topological polar surface area (TPSA) is 118 Å². The fourth-order valence-corrected chi connectivity index (χ4v) is 8.28. The molecule has 1 saturated heterocycles. The van der Waals surface area contributed by atoms with Gasteiger partial charge in [-0.25, -0.2) is 4.98 Å². The van der Waals surface area contributed by atoms with Gasteiger partial charge < -0.3 is 9.52 Å². The number of hydrogen-bond acceptors (Lipinski definition) is 7. The van der Waals surface area contributed by atoms with E-state index < -0.39 is 23.7 Å². The quantitative estimate of drug-likeness (QED) is 0.129. The predicted octanol–water partition coefficient (Wildman–Crippen LogP) is 6.99. The number of aromatic nitrogens is 1. The number of phenolic OH excluding ortho intramolecular Hbond substituents is 1. The van der Waals surface area contributed by atoms with Gasteiger partial charge in [0.1, 0.15) is 11.3 Å². The fraction of sp³-hybridized carbons (Fsp3) is 0.175. The zero-order valence-electron chi connectivity index (χ0n) is 25.8. The Labute approximate surface area is 274 Å². The van der Waals surface area contributed by atoms with Gasteiger partial charge in [-0.3, -0.25) is 24.1 Å². The molecule has 0 unspecified atom stereocenters. The molecule has 2 heterocycles. The van der Waals surface area contributed by atoms with Crippen molar-refractivity contribution in [3.05, 3.63) is 125 Å². The number of allylic oxidation sites excluding steroid dienone is 6.